The Hall–Kier alpha value is -7.74. The summed E-state index contributed by atoms with van der Waals surface area (Å²) in [6, 6.07) is 84.4. The van der Waals surface area contributed by atoms with Gasteiger partial charge in [-0.1, -0.05) is 236 Å². The number of benzene rings is 10. The van der Waals surface area contributed by atoms with E-state index in [-0.39, 0.29) is 10.8 Å². The molecule has 0 bridgehead atoms. The van der Waals surface area contributed by atoms with Crippen LogP contribution in [0.3, 0.4) is 0 Å². The van der Waals surface area contributed by atoms with Crippen molar-refractivity contribution in [1.82, 2.24) is 0 Å². The number of para-hydroxylation sites is 1. The molecule has 2 aliphatic rings. The van der Waals surface area contributed by atoms with E-state index in [1.54, 1.807) is 0 Å². The molecule has 12 rings (SSSR count). The van der Waals surface area contributed by atoms with Crippen LogP contribution < -0.4 is 4.90 Å². The molecule has 0 radical (unpaired) electrons. The van der Waals surface area contributed by atoms with Gasteiger partial charge in [-0.2, -0.15) is 0 Å². The third kappa shape index (κ3) is 6.51. The summed E-state index contributed by atoms with van der Waals surface area (Å²) < 4.78 is 0. The smallest absolute Gasteiger partial charge is 0.0726 e. The van der Waals surface area contributed by atoms with Gasteiger partial charge < -0.3 is 4.90 Å². The summed E-state index contributed by atoms with van der Waals surface area (Å²) in [6.45, 7) is 14.0. The molecule has 0 atom stereocenters. The van der Waals surface area contributed by atoms with Crippen molar-refractivity contribution >= 4 is 27.8 Å². The van der Waals surface area contributed by atoms with Gasteiger partial charge in [0, 0.05) is 16.9 Å². The Morgan fingerprint density at radius 1 is 0.294 bits per heavy atom. The molecular weight excluding hydrogens is 819 g/mol. The van der Waals surface area contributed by atoms with Crippen LogP contribution in [-0.2, 0) is 16.2 Å². The lowest BCUT2D eigenvalue weighted by Gasteiger charge is -2.34. The summed E-state index contributed by atoms with van der Waals surface area (Å²) >= 11 is 0. The number of fused-ring (bicyclic) bond motifs is 11. The molecule has 0 saturated heterocycles. The van der Waals surface area contributed by atoms with Crippen LogP contribution in [0.2, 0.25) is 0 Å². The topological polar surface area (TPSA) is 3.24 Å². The van der Waals surface area contributed by atoms with E-state index >= 15 is 0 Å². The zero-order chi connectivity index (χ0) is 46.4. The first-order valence-electron chi connectivity index (χ1n) is 24.2. The fourth-order valence-corrected chi connectivity index (χ4v) is 11.4. The van der Waals surface area contributed by atoms with Crippen LogP contribution in [0, 0.1) is 0 Å². The SMILES string of the molecule is CC(C)(C)c1ccc2c(c1)C1(c3ccccc3-c3ccc(N(c4cccc(-c5ccc(-c6ccccc6)c6ccccc56)c4)c4ccccc4-c4ccccc4)cc31)c1cc(C(C)(C)C)ccc1-2. The number of rotatable bonds is 6. The second kappa shape index (κ2) is 15.7. The number of hydrogen-bond donors (Lipinski definition) is 0. The summed E-state index contributed by atoms with van der Waals surface area (Å²) in [6.07, 6.45) is 0. The molecule has 1 spiro atoms. The molecular formula is C67H55N. The van der Waals surface area contributed by atoms with Crippen LogP contribution in [0.5, 0.6) is 0 Å². The van der Waals surface area contributed by atoms with Gasteiger partial charge in [0.05, 0.1) is 11.1 Å². The summed E-state index contributed by atoms with van der Waals surface area (Å²) in [4.78, 5) is 2.51. The average Bonchev–Trinajstić information content (AvgIpc) is 3.83. The Labute approximate surface area is 402 Å². The lowest BCUT2D eigenvalue weighted by molar-refractivity contribution is 0.586. The Kier molecular flexibility index (Phi) is 9.61. The van der Waals surface area contributed by atoms with Crippen LogP contribution in [0.1, 0.15) is 74.9 Å². The normalized spacial score (nSPS) is 13.3. The van der Waals surface area contributed by atoms with Crippen LogP contribution >= 0.6 is 0 Å². The van der Waals surface area contributed by atoms with E-state index in [0.29, 0.717) is 0 Å². The molecule has 68 heavy (non-hydrogen) atoms. The zero-order valence-electron chi connectivity index (χ0n) is 39.8. The maximum atomic E-state index is 2.55. The van der Waals surface area contributed by atoms with Gasteiger partial charge in [-0.15, -0.1) is 0 Å². The zero-order valence-corrected chi connectivity index (χ0v) is 39.8. The van der Waals surface area contributed by atoms with E-state index in [9.17, 15) is 0 Å². The molecule has 0 fully saturated rings. The highest BCUT2D eigenvalue weighted by Crippen LogP contribution is 2.64. The minimum atomic E-state index is -0.527. The standard InChI is InChI=1S/C67H55N/c1-65(2,3)47-32-35-57-58-36-33-48(66(4,5)6)42-62(58)67(61(57)41-47)60-30-17-15-29-56(60)59-37-34-50(43-63(59)67)68(64-31-18-16-26-53(64)45-22-11-8-12-23-45)49-25-19-24-46(40-49)52-39-38-51(44-20-9-7-10-21-44)54-27-13-14-28-55(52)54/h7-43H,1-6H3. The first-order valence-corrected chi connectivity index (χ1v) is 24.2. The predicted octanol–water partition coefficient (Wildman–Crippen LogP) is 18.2. The number of nitrogens with zero attached hydrogens (tertiary/aromatic N) is 1. The third-order valence-electron chi connectivity index (χ3n) is 14.8. The van der Waals surface area contributed by atoms with Gasteiger partial charge in [0.2, 0.25) is 0 Å². The first kappa shape index (κ1) is 41.7. The number of hydrogen-bond acceptors (Lipinski definition) is 1. The van der Waals surface area contributed by atoms with Crippen molar-refractivity contribution in [2.45, 2.75) is 57.8 Å². The summed E-state index contributed by atoms with van der Waals surface area (Å²) in [7, 11) is 0. The molecule has 0 saturated carbocycles. The van der Waals surface area contributed by atoms with Gasteiger partial charge >= 0.3 is 0 Å². The highest BCUT2D eigenvalue weighted by Gasteiger charge is 2.52. The van der Waals surface area contributed by atoms with Gasteiger partial charge in [-0.25, -0.2) is 0 Å². The van der Waals surface area contributed by atoms with Crippen molar-refractivity contribution in [3.8, 4) is 55.6 Å². The number of anilines is 3. The van der Waals surface area contributed by atoms with E-state index in [0.717, 1.165) is 17.1 Å². The van der Waals surface area contributed by atoms with E-state index < -0.39 is 5.41 Å². The molecule has 0 aliphatic heterocycles. The van der Waals surface area contributed by atoms with Crippen molar-refractivity contribution in [1.29, 1.82) is 0 Å². The third-order valence-corrected chi connectivity index (χ3v) is 14.8. The Balaban J connectivity index is 1.12. The molecule has 328 valence electrons. The molecule has 1 nitrogen and oxygen atoms in total. The molecule has 0 aromatic heterocycles. The van der Waals surface area contributed by atoms with Crippen molar-refractivity contribution in [2.24, 2.45) is 0 Å². The molecule has 1 heteroatoms. The lowest BCUT2D eigenvalue weighted by Crippen LogP contribution is -2.27. The van der Waals surface area contributed by atoms with E-state index in [2.05, 4.69) is 271 Å². The van der Waals surface area contributed by atoms with E-state index in [4.69, 9.17) is 0 Å². The fourth-order valence-electron chi connectivity index (χ4n) is 11.4. The molecule has 0 N–H and O–H groups in total. The van der Waals surface area contributed by atoms with Crippen LogP contribution in [0.15, 0.2) is 224 Å². The van der Waals surface area contributed by atoms with E-state index in [1.165, 1.54) is 99.8 Å². The quantitative estimate of drug-likeness (QED) is 0.161. The predicted molar refractivity (Wildman–Crippen MR) is 289 cm³/mol. The minimum absolute atomic E-state index is 0.0273. The Morgan fingerprint density at radius 3 is 1.32 bits per heavy atom. The molecule has 10 aromatic rings. The average molecular weight is 874 g/mol. The Morgan fingerprint density at radius 2 is 0.721 bits per heavy atom. The maximum Gasteiger partial charge on any atom is 0.0726 e. The first-order chi connectivity index (χ1) is 33.0. The summed E-state index contributed by atoms with van der Waals surface area (Å²) in [5, 5.41) is 2.49. The van der Waals surface area contributed by atoms with Crippen molar-refractivity contribution in [3.05, 3.63) is 258 Å². The largest absolute Gasteiger partial charge is 0.310 e. The molecule has 10 aromatic carbocycles. The van der Waals surface area contributed by atoms with Crippen molar-refractivity contribution < 1.29 is 0 Å². The minimum Gasteiger partial charge on any atom is -0.310 e. The van der Waals surface area contributed by atoms with Crippen LogP contribution in [0.4, 0.5) is 17.1 Å². The van der Waals surface area contributed by atoms with Crippen molar-refractivity contribution in [3.63, 3.8) is 0 Å². The monoisotopic (exact) mass is 873 g/mol. The van der Waals surface area contributed by atoms with Crippen LogP contribution in [-0.4, -0.2) is 0 Å². The Bertz CT molecular complexity index is 3520. The second-order valence-electron chi connectivity index (χ2n) is 20.9. The van der Waals surface area contributed by atoms with Gasteiger partial charge in [0.1, 0.15) is 0 Å². The van der Waals surface area contributed by atoms with Crippen molar-refractivity contribution in [2.75, 3.05) is 4.90 Å². The molecule has 0 heterocycles. The second-order valence-corrected chi connectivity index (χ2v) is 20.9. The van der Waals surface area contributed by atoms with Gasteiger partial charge in [-0.05, 0) is 135 Å². The fraction of sp³-hybridized carbons (Fsp3) is 0.134. The van der Waals surface area contributed by atoms with Gasteiger partial charge in [-0.3, -0.25) is 0 Å². The molecule has 0 unspecified atom stereocenters. The lowest BCUT2D eigenvalue weighted by atomic mass is 9.68. The van der Waals surface area contributed by atoms with Gasteiger partial charge in [0.25, 0.3) is 0 Å². The van der Waals surface area contributed by atoms with Gasteiger partial charge in [0.15, 0.2) is 0 Å². The van der Waals surface area contributed by atoms with Crippen LogP contribution in [0.25, 0.3) is 66.4 Å². The summed E-state index contributed by atoms with van der Waals surface area (Å²) in [5.74, 6) is 0. The van der Waals surface area contributed by atoms with E-state index in [1.807, 2.05) is 0 Å². The summed E-state index contributed by atoms with van der Waals surface area (Å²) in [5.41, 5.74) is 23.4. The highest BCUT2D eigenvalue weighted by atomic mass is 15.1. The molecule has 2 aliphatic carbocycles. The molecule has 0 amide bonds. The highest BCUT2D eigenvalue weighted by molar-refractivity contribution is 6.05. The maximum absolute atomic E-state index is 2.55.